The van der Waals surface area contributed by atoms with Gasteiger partial charge in [-0.25, -0.2) is 0 Å². The lowest BCUT2D eigenvalue weighted by molar-refractivity contribution is 0.184. The van der Waals surface area contributed by atoms with E-state index >= 15 is 0 Å². The molecule has 2 heteroatoms. The molecule has 0 heterocycles. The summed E-state index contributed by atoms with van der Waals surface area (Å²) in [4.78, 5) is 0. The Balaban J connectivity index is 3.58. The van der Waals surface area contributed by atoms with Gasteiger partial charge in [0.1, 0.15) is 0 Å². The molecule has 0 saturated carbocycles. The molecule has 0 rings (SSSR count). The van der Waals surface area contributed by atoms with Gasteiger partial charge in [-0.15, -0.1) is 24.8 Å². The molecule has 128 valence electrons. The fraction of sp³-hybridized carbons (Fsp3) is 0.429. The van der Waals surface area contributed by atoms with Crippen molar-refractivity contribution in [3.05, 3.63) is 73.9 Å². The maximum atomic E-state index is 9.63. The highest BCUT2D eigenvalue weighted by Crippen LogP contribution is 2.08. The molecular formula is C21H31ClO. The summed E-state index contributed by atoms with van der Waals surface area (Å²) in [6.07, 6.45) is 26.9. The maximum absolute atomic E-state index is 9.63. The van der Waals surface area contributed by atoms with E-state index in [-0.39, 0.29) is 5.38 Å². The number of hydrogen-bond donors (Lipinski definition) is 1. The van der Waals surface area contributed by atoms with Gasteiger partial charge in [-0.3, -0.25) is 0 Å². The Kier molecular flexibility index (Phi) is 16.1. The third-order valence-electron chi connectivity index (χ3n) is 3.23. The smallest absolute Gasteiger partial charge is 0.0775 e. The average Bonchev–Trinajstić information content (AvgIpc) is 2.57. The van der Waals surface area contributed by atoms with Gasteiger partial charge in [0.05, 0.1) is 11.5 Å². The van der Waals surface area contributed by atoms with Crippen molar-refractivity contribution < 1.29 is 5.11 Å². The number of alkyl halides is 1. The van der Waals surface area contributed by atoms with Gasteiger partial charge in [0.25, 0.3) is 0 Å². The third-order valence-corrected chi connectivity index (χ3v) is 3.70. The van der Waals surface area contributed by atoms with E-state index < -0.39 is 6.10 Å². The second kappa shape index (κ2) is 17.1. The first kappa shape index (κ1) is 21.7. The molecule has 2 atom stereocenters. The SMILES string of the molecule is C=CCCC/C=C\C/C=C\C/C=C\C/C=C\C[C@@H](O)[C@@H](Cl)C=C. The van der Waals surface area contributed by atoms with E-state index in [0.717, 1.165) is 32.1 Å². The van der Waals surface area contributed by atoms with Crippen molar-refractivity contribution in [2.75, 3.05) is 0 Å². The average molecular weight is 335 g/mol. The molecule has 0 spiro atoms. The van der Waals surface area contributed by atoms with Crippen LogP contribution in [0.2, 0.25) is 0 Å². The monoisotopic (exact) mass is 334 g/mol. The van der Waals surface area contributed by atoms with Crippen LogP contribution in [0.15, 0.2) is 73.9 Å². The Hall–Kier alpha value is -1.31. The molecule has 23 heavy (non-hydrogen) atoms. The number of halogens is 1. The van der Waals surface area contributed by atoms with Gasteiger partial charge >= 0.3 is 0 Å². The second-order valence-corrected chi connectivity index (χ2v) is 5.80. The number of hydrogen-bond acceptors (Lipinski definition) is 1. The van der Waals surface area contributed by atoms with E-state index in [2.05, 4.69) is 49.6 Å². The van der Waals surface area contributed by atoms with Gasteiger partial charge in [-0.05, 0) is 44.9 Å². The Bertz CT molecular complexity index is 404. The van der Waals surface area contributed by atoms with Crippen LogP contribution in [0.5, 0.6) is 0 Å². The molecule has 0 aromatic rings. The Morgan fingerprint density at radius 2 is 1.30 bits per heavy atom. The number of aliphatic hydroxyl groups excluding tert-OH is 1. The summed E-state index contributed by atoms with van der Waals surface area (Å²) in [5.74, 6) is 0. The first-order valence-electron chi connectivity index (χ1n) is 8.38. The van der Waals surface area contributed by atoms with Gasteiger partial charge in [0, 0.05) is 0 Å². The van der Waals surface area contributed by atoms with Crippen LogP contribution in [0, 0.1) is 0 Å². The predicted octanol–water partition coefficient (Wildman–Crippen LogP) is 6.28. The molecule has 0 amide bonds. The standard InChI is InChI=1S/C21H31ClO/c1-3-5-6-7-8-9-10-11-12-13-14-15-16-17-18-19-21(23)20(22)4-2/h3-4,8-9,11-12,14-15,17-18,20-21,23H,1-2,5-7,10,13,16,19H2/b9-8-,12-11-,15-14-,18-17-/t20-,21+/m0/s1. The number of aliphatic hydroxyl groups is 1. The Morgan fingerprint density at radius 3 is 1.83 bits per heavy atom. The van der Waals surface area contributed by atoms with E-state index in [4.69, 9.17) is 11.6 Å². The molecule has 0 saturated heterocycles. The fourth-order valence-corrected chi connectivity index (χ4v) is 1.94. The first-order chi connectivity index (χ1) is 11.2. The van der Waals surface area contributed by atoms with E-state index in [1.165, 1.54) is 6.42 Å². The zero-order valence-electron chi connectivity index (χ0n) is 14.1. The minimum atomic E-state index is -0.554. The highest BCUT2D eigenvalue weighted by Gasteiger charge is 2.09. The minimum Gasteiger partial charge on any atom is -0.391 e. The van der Waals surface area contributed by atoms with Gasteiger partial charge in [-0.1, -0.05) is 60.8 Å². The van der Waals surface area contributed by atoms with Crippen molar-refractivity contribution in [2.24, 2.45) is 0 Å². The van der Waals surface area contributed by atoms with E-state index in [1.807, 2.05) is 18.2 Å². The third kappa shape index (κ3) is 15.4. The summed E-state index contributed by atoms with van der Waals surface area (Å²) < 4.78 is 0. The van der Waals surface area contributed by atoms with Crippen LogP contribution in [0.3, 0.4) is 0 Å². The molecule has 1 N–H and O–H groups in total. The molecule has 0 unspecified atom stereocenters. The molecule has 0 bridgehead atoms. The van der Waals surface area contributed by atoms with Crippen molar-refractivity contribution in [3.63, 3.8) is 0 Å². The number of unbranched alkanes of at least 4 members (excludes halogenated alkanes) is 2. The van der Waals surface area contributed by atoms with Crippen LogP contribution in [-0.4, -0.2) is 16.6 Å². The Morgan fingerprint density at radius 1 is 0.783 bits per heavy atom. The van der Waals surface area contributed by atoms with Crippen molar-refractivity contribution in [1.82, 2.24) is 0 Å². The largest absolute Gasteiger partial charge is 0.391 e. The van der Waals surface area contributed by atoms with Crippen molar-refractivity contribution in [1.29, 1.82) is 0 Å². The summed E-state index contributed by atoms with van der Waals surface area (Å²) in [5, 5.41) is 9.25. The molecule has 0 fully saturated rings. The van der Waals surface area contributed by atoms with Crippen LogP contribution in [0.4, 0.5) is 0 Å². The summed E-state index contributed by atoms with van der Waals surface area (Å²) in [5.41, 5.74) is 0. The zero-order valence-corrected chi connectivity index (χ0v) is 14.9. The molecule has 0 aliphatic carbocycles. The van der Waals surface area contributed by atoms with E-state index in [0.29, 0.717) is 6.42 Å². The maximum Gasteiger partial charge on any atom is 0.0775 e. The minimum absolute atomic E-state index is 0.378. The van der Waals surface area contributed by atoms with E-state index in [1.54, 1.807) is 6.08 Å². The van der Waals surface area contributed by atoms with Crippen molar-refractivity contribution in [2.45, 2.75) is 56.4 Å². The van der Waals surface area contributed by atoms with Crippen LogP contribution in [-0.2, 0) is 0 Å². The lowest BCUT2D eigenvalue weighted by Gasteiger charge is -2.09. The van der Waals surface area contributed by atoms with Gasteiger partial charge in [-0.2, -0.15) is 0 Å². The van der Waals surface area contributed by atoms with Crippen LogP contribution >= 0.6 is 11.6 Å². The molecule has 0 aliphatic rings. The first-order valence-corrected chi connectivity index (χ1v) is 8.81. The lowest BCUT2D eigenvalue weighted by Crippen LogP contribution is -2.17. The molecule has 0 aromatic carbocycles. The van der Waals surface area contributed by atoms with Crippen molar-refractivity contribution in [3.8, 4) is 0 Å². The number of rotatable bonds is 14. The zero-order chi connectivity index (χ0) is 17.2. The second-order valence-electron chi connectivity index (χ2n) is 5.30. The summed E-state index contributed by atoms with van der Waals surface area (Å²) >= 11 is 5.85. The van der Waals surface area contributed by atoms with Gasteiger partial charge < -0.3 is 5.11 Å². The molecule has 0 aromatic heterocycles. The number of allylic oxidation sites excluding steroid dienone is 8. The molecule has 0 radical (unpaired) electrons. The topological polar surface area (TPSA) is 20.2 Å². The summed E-state index contributed by atoms with van der Waals surface area (Å²) in [6.45, 7) is 7.27. The normalized spacial score (nSPS) is 15.0. The molecule has 1 nitrogen and oxygen atoms in total. The highest BCUT2D eigenvalue weighted by molar-refractivity contribution is 6.22. The van der Waals surface area contributed by atoms with Crippen LogP contribution < -0.4 is 0 Å². The summed E-state index contributed by atoms with van der Waals surface area (Å²) in [7, 11) is 0. The Labute approximate surface area is 147 Å². The lowest BCUT2D eigenvalue weighted by atomic mass is 10.1. The van der Waals surface area contributed by atoms with E-state index in [9.17, 15) is 5.11 Å². The van der Waals surface area contributed by atoms with Gasteiger partial charge in [0.2, 0.25) is 0 Å². The van der Waals surface area contributed by atoms with Crippen LogP contribution in [0.25, 0.3) is 0 Å². The molecular weight excluding hydrogens is 304 g/mol. The molecule has 0 aliphatic heterocycles. The summed E-state index contributed by atoms with van der Waals surface area (Å²) in [6, 6.07) is 0. The van der Waals surface area contributed by atoms with Gasteiger partial charge in [0.15, 0.2) is 0 Å². The highest BCUT2D eigenvalue weighted by atomic mass is 35.5. The fourth-order valence-electron chi connectivity index (χ4n) is 1.83. The van der Waals surface area contributed by atoms with Crippen molar-refractivity contribution >= 4 is 11.6 Å². The predicted molar refractivity (Wildman–Crippen MR) is 105 cm³/mol. The van der Waals surface area contributed by atoms with Crippen LogP contribution in [0.1, 0.15) is 44.9 Å². The quantitative estimate of drug-likeness (QED) is 0.225.